The lowest BCUT2D eigenvalue weighted by Crippen LogP contribution is -2.25. The number of hydrogen-bond donors (Lipinski definition) is 1. The van der Waals surface area contributed by atoms with Crippen molar-refractivity contribution in [2.75, 3.05) is 13.2 Å². The molecule has 1 fully saturated rings. The maximum absolute atomic E-state index is 12.1. The first-order chi connectivity index (χ1) is 11.3. The highest BCUT2D eigenvalue weighted by molar-refractivity contribution is 5.85. The van der Waals surface area contributed by atoms with Crippen LogP contribution in [0.5, 0.6) is 0 Å². The van der Waals surface area contributed by atoms with Crippen molar-refractivity contribution in [3.05, 3.63) is 34.9 Å². The van der Waals surface area contributed by atoms with Gasteiger partial charge >= 0.3 is 5.97 Å². The first-order valence-electron chi connectivity index (χ1n) is 9.26. The minimum Gasteiger partial charge on any atom is -0.466 e. The van der Waals surface area contributed by atoms with Gasteiger partial charge in [0.15, 0.2) is 0 Å². The smallest absolute Gasteiger partial charge is 0.306 e. The Bertz CT molecular complexity index is 540. The van der Waals surface area contributed by atoms with E-state index in [1.807, 2.05) is 6.92 Å². The van der Waals surface area contributed by atoms with Crippen LogP contribution in [0.2, 0.25) is 0 Å². The van der Waals surface area contributed by atoms with E-state index in [1.54, 1.807) is 0 Å². The number of hydrogen-bond acceptors (Lipinski definition) is 3. The Hall–Kier alpha value is -1.06. The zero-order valence-electron chi connectivity index (χ0n) is 14.7. The summed E-state index contributed by atoms with van der Waals surface area (Å²) in [6.45, 7) is 4.40. The van der Waals surface area contributed by atoms with Crippen molar-refractivity contribution < 1.29 is 9.53 Å². The van der Waals surface area contributed by atoms with E-state index in [-0.39, 0.29) is 18.4 Å². The molecule has 0 bridgehead atoms. The van der Waals surface area contributed by atoms with Crippen molar-refractivity contribution in [3.63, 3.8) is 0 Å². The minimum atomic E-state index is -0.0394. The molecule has 0 radical (unpaired) electrons. The van der Waals surface area contributed by atoms with Crippen molar-refractivity contribution in [3.8, 4) is 0 Å². The standard InChI is InChI=1S/C20H29NO2.ClH/c1-2-23-20(22)13-19(15-6-4-3-5-7-15)17-8-9-18-14-21-11-10-16(18)12-17;/h8-9,12,15,19,21H,2-7,10-11,13-14H2,1H3;1H. The molecule has 1 heterocycles. The van der Waals surface area contributed by atoms with Crippen molar-refractivity contribution in [1.29, 1.82) is 0 Å². The Morgan fingerprint density at radius 3 is 2.79 bits per heavy atom. The second-order valence-corrected chi connectivity index (χ2v) is 6.97. The average Bonchev–Trinajstić information content (AvgIpc) is 2.60. The first kappa shape index (κ1) is 19.3. The Morgan fingerprint density at radius 2 is 2.04 bits per heavy atom. The molecule has 2 aliphatic rings. The molecule has 0 aromatic heterocycles. The van der Waals surface area contributed by atoms with Crippen molar-refractivity contribution in [2.45, 2.75) is 64.3 Å². The predicted molar refractivity (Wildman–Crippen MR) is 99.7 cm³/mol. The number of carbonyl (C=O) groups is 1. The SMILES string of the molecule is CCOC(=O)CC(c1ccc2c(c1)CCNC2)C1CCCCC1.Cl. The van der Waals surface area contributed by atoms with Crippen LogP contribution < -0.4 is 5.32 Å². The molecule has 3 nitrogen and oxygen atoms in total. The molecule has 0 spiro atoms. The third-order valence-electron chi connectivity index (χ3n) is 5.46. The molecule has 134 valence electrons. The number of halogens is 1. The fourth-order valence-electron chi connectivity index (χ4n) is 4.22. The summed E-state index contributed by atoms with van der Waals surface area (Å²) in [5.74, 6) is 0.921. The molecule has 1 aliphatic carbocycles. The summed E-state index contributed by atoms with van der Waals surface area (Å²) in [4.78, 5) is 12.1. The van der Waals surface area contributed by atoms with Crippen LogP contribution in [-0.2, 0) is 22.5 Å². The van der Waals surface area contributed by atoms with Gasteiger partial charge in [0.2, 0.25) is 0 Å². The first-order valence-corrected chi connectivity index (χ1v) is 9.26. The van der Waals surface area contributed by atoms with Gasteiger partial charge < -0.3 is 10.1 Å². The summed E-state index contributed by atoms with van der Waals surface area (Å²) in [7, 11) is 0. The van der Waals surface area contributed by atoms with Gasteiger partial charge in [0.05, 0.1) is 13.0 Å². The third-order valence-corrected chi connectivity index (χ3v) is 5.46. The van der Waals surface area contributed by atoms with Crippen LogP contribution in [0, 0.1) is 5.92 Å². The fraction of sp³-hybridized carbons (Fsp3) is 0.650. The molecule has 3 rings (SSSR count). The quantitative estimate of drug-likeness (QED) is 0.800. The maximum atomic E-state index is 12.1. The number of benzene rings is 1. The summed E-state index contributed by atoms with van der Waals surface area (Å²) >= 11 is 0. The second kappa shape index (κ2) is 9.43. The van der Waals surface area contributed by atoms with Gasteiger partial charge in [-0.15, -0.1) is 12.4 Å². The zero-order chi connectivity index (χ0) is 16.1. The number of fused-ring (bicyclic) bond motifs is 1. The van der Waals surface area contributed by atoms with E-state index in [1.165, 1.54) is 48.8 Å². The average molecular weight is 352 g/mol. The number of carbonyl (C=O) groups excluding carboxylic acids is 1. The molecular formula is C20H30ClNO2. The van der Waals surface area contributed by atoms with Crippen LogP contribution in [0.3, 0.4) is 0 Å². The molecule has 1 aliphatic heterocycles. The summed E-state index contributed by atoms with van der Waals surface area (Å²) in [5, 5.41) is 3.43. The van der Waals surface area contributed by atoms with Gasteiger partial charge in [0.25, 0.3) is 0 Å². The van der Waals surface area contributed by atoms with Gasteiger partial charge in [0.1, 0.15) is 0 Å². The topological polar surface area (TPSA) is 38.3 Å². The van der Waals surface area contributed by atoms with Crippen LogP contribution in [-0.4, -0.2) is 19.1 Å². The molecule has 1 saturated carbocycles. The largest absolute Gasteiger partial charge is 0.466 e. The Balaban J connectivity index is 0.00000208. The Morgan fingerprint density at radius 1 is 1.25 bits per heavy atom. The van der Waals surface area contributed by atoms with Crippen LogP contribution in [0.15, 0.2) is 18.2 Å². The summed E-state index contributed by atoms with van der Waals surface area (Å²) in [6.07, 6.45) is 8.09. The highest BCUT2D eigenvalue weighted by Crippen LogP contribution is 2.39. The van der Waals surface area contributed by atoms with Crippen LogP contribution in [0.1, 0.15) is 68.1 Å². The molecule has 24 heavy (non-hydrogen) atoms. The van der Waals surface area contributed by atoms with Gasteiger partial charge in [-0.3, -0.25) is 4.79 Å². The molecule has 1 N–H and O–H groups in total. The molecular weight excluding hydrogens is 322 g/mol. The highest BCUT2D eigenvalue weighted by atomic mass is 35.5. The predicted octanol–water partition coefficient (Wildman–Crippen LogP) is 4.37. The molecule has 0 amide bonds. The van der Waals surface area contributed by atoms with Gasteiger partial charge in [-0.25, -0.2) is 0 Å². The van der Waals surface area contributed by atoms with Crippen molar-refractivity contribution in [1.82, 2.24) is 5.32 Å². The van der Waals surface area contributed by atoms with Gasteiger partial charge in [-0.05, 0) is 61.3 Å². The van der Waals surface area contributed by atoms with E-state index in [0.717, 1.165) is 19.5 Å². The van der Waals surface area contributed by atoms with Gasteiger partial charge in [-0.2, -0.15) is 0 Å². The molecule has 1 aromatic rings. The number of nitrogens with one attached hydrogen (secondary N) is 1. The van der Waals surface area contributed by atoms with Crippen molar-refractivity contribution >= 4 is 18.4 Å². The van der Waals surface area contributed by atoms with E-state index in [0.29, 0.717) is 24.9 Å². The second-order valence-electron chi connectivity index (χ2n) is 6.97. The zero-order valence-corrected chi connectivity index (χ0v) is 15.5. The molecule has 1 unspecified atom stereocenters. The summed E-state index contributed by atoms with van der Waals surface area (Å²) in [5.41, 5.74) is 4.23. The van der Waals surface area contributed by atoms with E-state index < -0.39 is 0 Å². The van der Waals surface area contributed by atoms with Crippen LogP contribution >= 0.6 is 12.4 Å². The van der Waals surface area contributed by atoms with Gasteiger partial charge in [-0.1, -0.05) is 37.5 Å². The maximum Gasteiger partial charge on any atom is 0.306 e. The summed E-state index contributed by atoms with van der Waals surface area (Å²) in [6, 6.07) is 6.89. The van der Waals surface area contributed by atoms with E-state index in [2.05, 4.69) is 23.5 Å². The Kier molecular flexibility index (Phi) is 7.57. The van der Waals surface area contributed by atoms with E-state index in [4.69, 9.17) is 4.74 Å². The molecule has 1 aromatic carbocycles. The summed E-state index contributed by atoms with van der Waals surface area (Å²) < 4.78 is 5.25. The van der Waals surface area contributed by atoms with Crippen LogP contribution in [0.4, 0.5) is 0 Å². The third kappa shape index (κ3) is 4.73. The highest BCUT2D eigenvalue weighted by Gasteiger charge is 2.28. The molecule has 0 saturated heterocycles. The van der Waals surface area contributed by atoms with Crippen LogP contribution in [0.25, 0.3) is 0 Å². The number of ether oxygens (including phenoxy) is 1. The van der Waals surface area contributed by atoms with E-state index >= 15 is 0 Å². The lowest BCUT2D eigenvalue weighted by molar-refractivity contribution is -0.144. The fourth-order valence-corrected chi connectivity index (χ4v) is 4.22. The normalized spacial score (nSPS) is 19.0. The lowest BCUT2D eigenvalue weighted by atomic mass is 9.74. The Labute approximate surface area is 152 Å². The molecule has 4 heteroatoms. The number of rotatable bonds is 5. The van der Waals surface area contributed by atoms with Crippen molar-refractivity contribution in [2.24, 2.45) is 5.92 Å². The molecule has 1 atom stereocenters. The lowest BCUT2D eigenvalue weighted by Gasteiger charge is -2.31. The van der Waals surface area contributed by atoms with Gasteiger partial charge in [0, 0.05) is 6.54 Å². The number of esters is 1. The van der Waals surface area contributed by atoms with E-state index in [9.17, 15) is 4.79 Å². The minimum absolute atomic E-state index is 0. The monoisotopic (exact) mass is 351 g/mol.